The molecule has 1 atom stereocenters. The number of rotatable bonds is 3. The fourth-order valence-corrected chi connectivity index (χ4v) is 1.64. The van der Waals surface area contributed by atoms with Crippen molar-refractivity contribution in [2.45, 2.75) is 25.9 Å². The van der Waals surface area contributed by atoms with Crippen LogP contribution >= 0.6 is 15.9 Å². The highest BCUT2D eigenvalue weighted by Crippen LogP contribution is 2.16. The molecule has 0 bridgehead atoms. The van der Waals surface area contributed by atoms with Crippen molar-refractivity contribution in [1.82, 2.24) is 0 Å². The van der Waals surface area contributed by atoms with E-state index in [0.717, 1.165) is 10.0 Å². The summed E-state index contributed by atoms with van der Waals surface area (Å²) in [5.41, 5.74) is 0.910. The Morgan fingerprint density at radius 2 is 2.15 bits per heavy atom. The van der Waals surface area contributed by atoms with Gasteiger partial charge in [-0.1, -0.05) is 15.9 Å². The quantitative estimate of drug-likeness (QED) is 0.870. The molecule has 1 aromatic rings. The Kier molecular flexibility index (Phi) is 3.88. The summed E-state index contributed by atoms with van der Waals surface area (Å²) in [7, 11) is 0. The van der Waals surface area contributed by atoms with Crippen LogP contribution in [0.1, 0.15) is 18.9 Å². The number of aliphatic hydroxyl groups excluding tert-OH is 1. The lowest BCUT2D eigenvalue weighted by atomic mass is 10.1. The summed E-state index contributed by atoms with van der Waals surface area (Å²) < 4.78 is 13.6. The standard InChI is InChI=1S/C10H12BrFO/c1-7(13)2-3-8-4-9(11)6-10(12)5-8/h4-7,13H,2-3H2,1H3/t7-/m1/s1. The summed E-state index contributed by atoms with van der Waals surface area (Å²) in [6.07, 6.45) is 1.03. The zero-order valence-corrected chi connectivity index (χ0v) is 9.01. The number of hydrogen-bond acceptors (Lipinski definition) is 1. The predicted molar refractivity (Wildman–Crippen MR) is 54.1 cm³/mol. The first-order valence-electron chi connectivity index (χ1n) is 4.21. The SMILES string of the molecule is C[C@@H](O)CCc1cc(F)cc(Br)c1. The maximum Gasteiger partial charge on any atom is 0.124 e. The molecule has 0 aliphatic rings. The van der Waals surface area contributed by atoms with Gasteiger partial charge in [0.15, 0.2) is 0 Å². The van der Waals surface area contributed by atoms with Crippen molar-refractivity contribution in [2.24, 2.45) is 0 Å². The van der Waals surface area contributed by atoms with Gasteiger partial charge in [0, 0.05) is 4.47 Å². The van der Waals surface area contributed by atoms with Crippen LogP contribution in [0.5, 0.6) is 0 Å². The van der Waals surface area contributed by atoms with Gasteiger partial charge in [-0.3, -0.25) is 0 Å². The molecule has 3 heteroatoms. The normalized spacial score (nSPS) is 12.9. The smallest absolute Gasteiger partial charge is 0.124 e. The van der Waals surface area contributed by atoms with Crippen molar-refractivity contribution in [3.63, 3.8) is 0 Å². The molecule has 72 valence electrons. The first-order chi connectivity index (χ1) is 6.08. The van der Waals surface area contributed by atoms with Crippen LogP contribution in [-0.2, 0) is 6.42 Å². The number of halogens is 2. The summed E-state index contributed by atoms with van der Waals surface area (Å²) in [5.74, 6) is -0.241. The van der Waals surface area contributed by atoms with Gasteiger partial charge >= 0.3 is 0 Å². The third-order valence-electron chi connectivity index (χ3n) is 1.77. The first-order valence-corrected chi connectivity index (χ1v) is 5.00. The summed E-state index contributed by atoms with van der Waals surface area (Å²) in [6, 6.07) is 4.78. The van der Waals surface area contributed by atoms with Gasteiger partial charge in [-0.25, -0.2) is 4.39 Å². The molecule has 0 amide bonds. The second-order valence-corrected chi connectivity index (χ2v) is 4.08. The Bertz CT molecular complexity index is 266. The molecule has 0 aliphatic heterocycles. The van der Waals surface area contributed by atoms with E-state index >= 15 is 0 Å². The van der Waals surface area contributed by atoms with Crippen molar-refractivity contribution in [1.29, 1.82) is 0 Å². The monoisotopic (exact) mass is 246 g/mol. The molecule has 0 unspecified atom stereocenters. The highest BCUT2D eigenvalue weighted by Gasteiger charge is 2.01. The van der Waals surface area contributed by atoms with Crippen molar-refractivity contribution in [3.8, 4) is 0 Å². The molecule has 13 heavy (non-hydrogen) atoms. The Hall–Kier alpha value is -0.410. The van der Waals surface area contributed by atoms with Crippen molar-refractivity contribution >= 4 is 15.9 Å². The number of aryl methyl sites for hydroxylation is 1. The number of hydrogen-bond donors (Lipinski definition) is 1. The Morgan fingerprint density at radius 1 is 1.46 bits per heavy atom. The van der Waals surface area contributed by atoms with Crippen LogP contribution in [0.2, 0.25) is 0 Å². The molecule has 1 nitrogen and oxygen atoms in total. The lowest BCUT2D eigenvalue weighted by Gasteiger charge is -2.04. The van der Waals surface area contributed by atoms with Crippen LogP contribution in [0.4, 0.5) is 4.39 Å². The molecule has 0 fully saturated rings. The number of benzene rings is 1. The van der Waals surface area contributed by atoms with Crippen LogP contribution in [0.15, 0.2) is 22.7 Å². The van der Waals surface area contributed by atoms with Gasteiger partial charge in [-0.2, -0.15) is 0 Å². The topological polar surface area (TPSA) is 20.2 Å². The molecule has 1 aromatic carbocycles. The van der Waals surface area contributed by atoms with Crippen LogP contribution < -0.4 is 0 Å². The lowest BCUT2D eigenvalue weighted by molar-refractivity contribution is 0.185. The van der Waals surface area contributed by atoms with E-state index in [1.165, 1.54) is 12.1 Å². The molecular formula is C10H12BrFO. The Morgan fingerprint density at radius 3 is 2.69 bits per heavy atom. The minimum absolute atomic E-state index is 0.241. The fraction of sp³-hybridized carbons (Fsp3) is 0.400. The van der Waals surface area contributed by atoms with Crippen molar-refractivity contribution in [3.05, 3.63) is 34.1 Å². The third kappa shape index (κ3) is 3.87. The van der Waals surface area contributed by atoms with Gasteiger partial charge in [-0.15, -0.1) is 0 Å². The van der Waals surface area contributed by atoms with E-state index < -0.39 is 0 Å². The highest BCUT2D eigenvalue weighted by atomic mass is 79.9. The lowest BCUT2D eigenvalue weighted by Crippen LogP contribution is -2.01. The van der Waals surface area contributed by atoms with Gasteiger partial charge in [0.25, 0.3) is 0 Å². The van der Waals surface area contributed by atoms with Gasteiger partial charge < -0.3 is 5.11 Å². The second-order valence-electron chi connectivity index (χ2n) is 3.17. The highest BCUT2D eigenvalue weighted by molar-refractivity contribution is 9.10. The van der Waals surface area contributed by atoms with E-state index in [0.29, 0.717) is 12.8 Å². The molecule has 0 aromatic heterocycles. The Labute approximate surface area is 85.7 Å². The summed E-state index contributed by atoms with van der Waals surface area (Å²) in [4.78, 5) is 0. The molecule has 0 heterocycles. The molecule has 1 N–H and O–H groups in total. The van der Waals surface area contributed by atoms with E-state index in [1.54, 1.807) is 6.92 Å². The third-order valence-corrected chi connectivity index (χ3v) is 2.23. The maximum atomic E-state index is 12.9. The first kappa shape index (κ1) is 10.7. The molecule has 0 saturated carbocycles. The van der Waals surface area contributed by atoms with E-state index in [4.69, 9.17) is 5.11 Å². The molecule has 0 saturated heterocycles. The largest absolute Gasteiger partial charge is 0.393 e. The molecule has 1 rings (SSSR count). The van der Waals surface area contributed by atoms with Gasteiger partial charge in [0.1, 0.15) is 5.82 Å². The zero-order chi connectivity index (χ0) is 9.84. The zero-order valence-electron chi connectivity index (χ0n) is 7.43. The predicted octanol–water partition coefficient (Wildman–Crippen LogP) is 2.90. The van der Waals surface area contributed by atoms with E-state index in [-0.39, 0.29) is 11.9 Å². The van der Waals surface area contributed by atoms with E-state index in [2.05, 4.69) is 15.9 Å². The molecule has 0 spiro atoms. The van der Waals surface area contributed by atoms with Gasteiger partial charge in [0.2, 0.25) is 0 Å². The van der Waals surface area contributed by atoms with Crippen LogP contribution in [0.3, 0.4) is 0 Å². The minimum Gasteiger partial charge on any atom is -0.393 e. The van der Waals surface area contributed by atoms with Gasteiger partial charge in [-0.05, 0) is 43.5 Å². The summed E-state index contributed by atoms with van der Waals surface area (Å²) >= 11 is 3.22. The maximum absolute atomic E-state index is 12.9. The fourth-order valence-electron chi connectivity index (χ4n) is 1.13. The van der Waals surface area contributed by atoms with Crippen LogP contribution in [0.25, 0.3) is 0 Å². The molecule has 0 aliphatic carbocycles. The molecule has 0 radical (unpaired) electrons. The van der Waals surface area contributed by atoms with Gasteiger partial charge in [0.05, 0.1) is 6.10 Å². The second kappa shape index (κ2) is 4.72. The summed E-state index contributed by atoms with van der Waals surface area (Å²) in [6.45, 7) is 1.73. The Balaban J connectivity index is 2.66. The number of aliphatic hydroxyl groups is 1. The van der Waals surface area contributed by atoms with Crippen molar-refractivity contribution < 1.29 is 9.50 Å². The van der Waals surface area contributed by atoms with Crippen LogP contribution in [0, 0.1) is 5.82 Å². The summed E-state index contributed by atoms with van der Waals surface area (Å²) in [5, 5.41) is 9.05. The van der Waals surface area contributed by atoms with E-state index in [9.17, 15) is 4.39 Å². The minimum atomic E-state index is -0.331. The van der Waals surface area contributed by atoms with E-state index in [1.807, 2.05) is 6.07 Å². The molecular weight excluding hydrogens is 235 g/mol. The van der Waals surface area contributed by atoms with Crippen molar-refractivity contribution in [2.75, 3.05) is 0 Å². The average Bonchev–Trinajstić information content (AvgIpc) is 1.99. The average molecular weight is 247 g/mol. The van der Waals surface area contributed by atoms with Crippen LogP contribution in [-0.4, -0.2) is 11.2 Å².